The predicted molar refractivity (Wildman–Crippen MR) is 123 cm³/mol. The number of benzene rings is 3. The highest BCUT2D eigenvalue weighted by Crippen LogP contribution is 2.29. The van der Waals surface area contributed by atoms with Gasteiger partial charge in [0.05, 0.1) is 4.90 Å². The van der Waals surface area contributed by atoms with Gasteiger partial charge in [-0.1, -0.05) is 55.0 Å². The molecule has 0 radical (unpaired) electrons. The van der Waals surface area contributed by atoms with E-state index >= 15 is 0 Å². The summed E-state index contributed by atoms with van der Waals surface area (Å²) in [7, 11) is -3.58. The number of anilines is 1. The molecular formula is C25H26N2O3S. The first-order chi connectivity index (χ1) is 14.9. The third-order valence-corrected chi connectivity index (χ3v) is 7.64. The molecule has 0 fully saturated rings. The number of rotatable bonds is 6. The Morgan fingerprint density at radius 3 is 2.32 bits per heavy atom. The Kier molecular flexibility index (Phi) is 5.94. The van der Waals surface area contributed by atoms with E-state index in [0.717, 1.165) is 23.2 Å². The lowest BCUT2D eigenvalue weighted by molar-refractivity contribution is 0.0989. The number of amides is 1. The maximum absolute atomic E-state index is 13.0. The van der Waals surface area contributed by atoms with Crippen molar-refractivity contribution in [1.29, 1.82) is 0 Å². The van der Waals surface area contributed by atoms with E-state index in [1.165, 1.54) is 9.87 Å². The second-order valence-electron chi connectivity index (χ2n) is 7.78. The average Bonchev–Trinajstić information content (AvgIpc) is 3.22. The molecule has 0 unspecified atom stereocenters. The van der Waals surface area contributed by atoms with E-state index < -0.39 is 10.0 Å². The van der Waals surface area contributed by atoms with Gasteiger partial charge in [0.25, 0.3) is 5.91 Å². The van der Waals surface area contributed by atoms with Crippen molar-refractivity contribution in [3.05, 3.63) is 95.1 Å². The van der Waals surface area contributed by atoms with Gasteiger partial charge < -0.3 is 4.90 Å². The highest BCUT2D eigenvalue weighted by Gasteiger charge is 2.26. The number of hydrogen-bond acceptors (Lipinski definition) is 3. The van der Waals surface area contributed by atoms with Gasteiger partial charge in [-0.25, -0.2) is 8.42 Å². The third-order valence-electron chi connectivity index (χ3n) is 5.70. The molecule has 0 saturated carbocycles. The molecule has 0 N–H and O–H groups in total. The maximum Gasteiger partial charge on any atom is 0.258 e. The van der Waals surface area contributed by atoms with Crippen LogP contribution in [0, 0.1) is 6.92 Å². The highest BCUT2D eigenvalue weighted by molar-refractivity contribution is 7.89. The van der Waals surface area contributed by atoms with Crippen LogP contribution in [0.1, 0.15) is 34.0 Å². The molecule has 1 aliphatic heterocycles. The Hall–Kier alpha value is -2.96. The number of nitrogens with zero attached hydrogens (tertiary/aromatic N) is 2. The van der Waals surface area contributed by atoms with Gasteiger partial charge in [-0.3, -0.25) is 4.79 Å². The molecule has 31 heavy (non-hydrogen) atoms. The smallest absolute Gasteiger partial charge is 0.258 e. The van der Waals surface area contributed by atoms with Crippen LogP contribution in [0.5, 0.6) is 0 Å². The fourth-order valence-corrected chi connectivity index (χ4v) is 5.32. The SMILES string of the molecule is CCN(Cc1ccc(C(=O)N2CCc3ccccc32)cc1)S(=O)(=O)c1ccc(C)cc1. The number of carbonyl (C=O) groups is 1. The summed E-state index contributed by atoms with van der Waals surface area (Å²) in [6.07, 6.45) is 0.863. The molecule has 0 aliphatic carbocycles. The van der Waals surface area contributed by atoms with Crippen LogP contribution < -0.4 is 4.90 Å². The minimum absolute atomic E-state index is 0.0314. The number of fused-ring (bicyclic) bond motifs is 1. The second kappa shape index (κ2) is 8.65. The molecule has 0 bridgehead atoms. The molecule has 1 aliphatic rings. The Morgan fingerprint density at radius 2 is 1.65 bits per heavy atom. The largest absolute Gasteiger partial charge is 0.308 e. The molecule has 3 aromatic carbocycles. The number of para-hydroxylation sites is 1. The Balaban J connectivity index is 1.50. The first-order valence-corrected chi connectivity index (χ1v) is 11.9. The van der Waals surface area contributed by atoms with Crippen molar-refractivity contribution < 1.29 is 13.2 Å². The van der Waals surface area contributed by atoms with Crippen molar-refractivity contribution >= 4 is 21.6 Å². The molecular weight excluding hydrogens is 408 g/mol. The first kappa shape index (κ1) is 21.3. The zero-order valence-corrected chi connectivity index (χ0v) is 18.6. The molecule has 6 heteroatoms. The molecule has 0 saturated heterocycles. The summed E-state index contributed by atoms with van der Waals surface area (Å²) in [5.74, 6) is -0.0314. The van der Waals surface area contributed by atoms with E-state index in [9.17, 15) is 13.2 Å². The van der Waals surface area contributed by atoms with Crippen LogP contribution in [-0.4, -0.2) is 31.7 Å². The Bertz CT molecular complexity index is 1190. The Morgan fingerprint density at radius 1 is 0.968 bits per heavy atom. The Labute approximate surface area is 184 Å². The molecule has 4 rings (SSSR count). The molecule has 3 aromatic rings. The lowest BCUT2D eigenvalue weighted by atomic mass is 10.1. The standard InChI is InChI=1S/C25H26N2O3S/c1-3-26(31(29,30)23-14-8-19(2)9-15-23)18-20-10-12-22(13-11-20)25(28)27-17-16-21-6-4-5-7-24(21)27/h4-15H,3,16-18H2,1-2H3. The molecule has 160 valence electrons. The summed E-state index contributed by atoms with van der Waals surface area (Å²) in [6, 6.07) is 22.1. The second-order valence-corrected chi connectivity index (χ2v) is 9.71. The summed E-state index contributed by atoms with van der Waals surface area (Å²) in [5.41, 5.74) is 4.62. The first-order valence-electron chi connectivity index (χ1n) is 10.5. The molecule has 1 heterocycles. The predicted octanol–water partition coefficient (Wildman–Crippen LogP) is 4.41. The van der Waals surface area contributed by atoms with Crippen LogP contribution in [0.2, 0.25) is 0 Å². The monoisotopic (exact) mass is 434 g/mol. The summed E-state index contributed by atoms with van der Waals surface area (Å²) >= 11 is 0. The van der Waals surface area contributed by atoms with Crippen molar-refractivity contribution in [3.63, 3.8) is 0 Å². The van der Waals surface area contributed by atoms with E-state index in [2.05, 4.69) is 6.07 Å². The summed E-state index contributed by atoms with van der Waals surface area (Å²) < 4.78 is 27.5. The third kappa shape index (κ3) is 4.27. The van der Waals surface area contributed by atoms with Gasteiger partial charge >= 0.3 is 0 Å². The van der Waals surface area contributed by atoms with Gasteiger partial charge in [0.1, 0.15) is 0 Å². The number of hydrogen-bond donors (Lipinski definition) is 0. The van der Waals surface area contributed by atoms with Crippen LogP contribution in [0.4, 0.5) is 5.69 Å². The average molecular weight is 435 g/mol. The molecule has 5 nitrogen and oxygen atoms in total. The van der Waals surface area contributed by atoms with Gasteiger partial charge in [0.2, 0.25) is 10.0 Å². The van der Waals surface area contributed by atoms with Crippen LogP contribution in [0.25, 0.3) is 0 Å². The number of sulfonamides is 1. The van der Waals surface area contributed by atoms with Crippen molar-refractivity contribution in [2.75, 3.05) is 18.0 Å². The van der Waals surface area contributed by atoms with Gasteiger partial charge in [-0.2, -0.15) is 4.31 Å². The van der Waals surface area contributed by atoms with Crippen molar-refractivity contribution in [2.24, 2.45) is 0 Å². The van der Waals surface area contributed by atoms with Crippen molar-refractivity contribution in [2.45, 2.75) is 31.7 Å². The topological polar surface area (TPSA) is 57.7 Å². The lowest BCUT2D eigenvalue weighted by Gasteiger charge is -2.21. The fourth-order valence-electron chi connectivity index (χ4n) is 3.89. The van der Waals surface area contributed by atoms with Crippen LogP contribution in [0.15, 0.2) is 77.7 Å². The van der Waals surface area contributed by atoms with Crippen LogP contribution in [-0.2, 0) is 23.0 Å². The normalized spacial score (nSPS) is 13.5. The van der Waals surface area contributed by atoms with E-state index in [-0.39, 0.29) is 12.5 Å². The summed E-state index contributed by atoms with van der Waals surface area (Å²) in [4.78, 5) is 15.1. The minimum Gasteiger partial charge on any atom is -0.308 e. The highest BCUT2D eigenvalue weighted by atomic mass is 32.2. The lowest BCUT2D eigenvalue weighted by Crippen LogP contribution is -2.30. The van der Waals surface area contributed by atoms with Crippen LogP contribution in [0.3, 0.4) is 0 Å². The van der Waals surface area contributed by atoms with Gasteiger partial charge in [0, 0.05) is 30.9 Å². The summed E-state index contributed by atoms with van der Waals surface area (Å²) in [5, 5.41) is 0. The zero-order valence-electron chi connectivity index (χ0n) is 17.8. The quantitative estimate of drug-likeness (QED) is 0.577. The molecule has 0 spiro atoms. The number of aryl methyl sites for hydroxylation is 1. The van der Waals surface area contributed by atoms with E-state index in [4.69, 9.17) is 0 Å². The van der Waals surface area contributed by atoms with E-state index in [1.54, 1.807) is 36.4 Å². The fraction of sp³-hybridized carbons (Fsp3) is 0.240. The van der Waals surface area contributed by atoms with Gasteiger partial charge in [0.15, 0.2) is 0 Å². The van der Waals surface area contributed by atoms with Crippen molar-refractivity contribution in [1.82, 2.24) is 4.31 Å². The maximum atomic E-state index is 13.0. The molecule has 0 aromatic heterocycles. The zero-order chi connectivity index (χ0) is 22.0. The molecule has 1 amide bonds. The van der Waals surface area contributed by atoms with Crippen LogP contribution >= 0.6 is 0 Å². The minimum atomic E-state index is -3.58. The van der Waals surface area contributed by atoms with E-state index in [0.29, 0.717) is 23.5 Å². The van der Waals surface area contributed by atoms with Gasteiger partial charge in [-0.15, -0.1) is 0 Å². The summed E-state index contributed by atoms with van der Waals surface area (Å²) in [6.45, 7) is 5.06. The number of carbonyl (C=O) groups excluding carboxylic acids is 1. The van der Waals surface area contributed by atoms with Crippen molar-refractivity contribution in [3.8, 4) is 0 Å². The van der Waals surface area contributed by atoms with Gasteiger partial charge in [-0.05, 0) is 54.8 Å². The van der Waals surface area contributed by atoms with E-state index in [1.807, 2.05) is 49.1 Å². The molecule has 0 atom stereocenters.